The minimum Gasteiger partial charge on any atom is -0.480 e. The molecule has 0 saturated carbocycles. The van der Waals surface area contributed by atoms with E-state index in [-0.39, 0.29) is 0 Å². The predicted molar refractivity (Wildman–Crippen MR) is 62.1 cm³/mol. The largest absolute Gasteiger partial charge is 0.480 e. The van der Waals surface area contributed by atoms with Crippen LogP contribution in [0.5, 0.6) is 0 Å². The molecule has 1 aliphatic heterocycles. The Morgan fingerprint density at radius 1 is 1.60 bits per heavy atom. The third kappa shape index (κ3) is 1.74. The minimum absolute atomic E-state index is 0.609. The van der Waals surface area contributed by atoms with Gasteiger partial charge in [0.1, 0.15) is 5.54 Å². The number of anilines is 1. The molecule has 80 valence electrons. The van der Waals surface area contributed by atoms with Gasteiger partial charge in [-0.15, -0.1) is 0 Å². The van der Waals surface area contributed by atoms with E-state index < -0.39 is 11.5 Å². The maximum atomic E-state index is 11.1. The van der Waals surface area contributed by atoms with E-state index in [9.17, 15) is 4.79 Å². The molecule has 0 spiro atoms. The molecule has 0 fully saturated rings. The van der Waals surface area contributed by atoms with E-state index >= 15 is 0 Å². The van der Waals surface area contributed by atoms with Crippen LogP contribution in [0.3, 0.4) is 0 Å². The van der Waals surface area contributed by atoms with Gasteiger partial charge in [-0.3, -0.25) is 0 Å². The molecule has 0 saturated heterocycles. The van der Waals surface area contributed by atoms with Crippen molar-refractivity contribution < 1.29 is 9.90 Å². The molecule has 3 nitrogen and oxygen atoms in total. The molecular formula is C11H12BrNO2. The Hall–Kier alpha value is -1.03. The molecule has 2 rings (SSSR count). The molecule has 0 aliphatic carbocycles. The zero-order valence-corrected chi connectivity index (χ0v) is 9.97. The molecule has 1 aromatic carbocycles. The Kier molecular flexibility index (Phi) is 2.46. The highest BCUT2D eigenvalue weighted by atomic mass is 79.9. The topological polar surface area (TPSA) is 49.3 Å². The number of carbonyl (C=O) groups is 1. The highest BCUT2D eigenvalue weighted by Gasteiger charge is 2.36. The molecule has 0 bridgehead atoms. The second-order valence-corrected chi connectivity index (χ2v) is 4.88. The second kappa shape index (κ2) is 3.52. The van der Waals surface area contributed by atoms with Crippen molar-refractivity contribution in [3.05, 3.63) is 28.2 Å². The molecule has 2 N–H and O–H groups in total. The van der Waals surface area contributed by atoms with E-state index in [4.69, 9.17) is 5.11 Å². The number of benzene rings is 1. The van der Waals surface area contributed by atoms with Crippen LogP contribution in [-0.4, -0.2) is 16.6 Å². The predicted octanol–water partition coefficient (Wildman–Crippen LogP) is 2.65. The smallest absolute Gasteiger partial charge is 0.329 e. The number of fused-ring (bicyclic) bond motifs is 1. The summed E-state index contributed by atoms with van der Waals surface area (Å²) in [5.74, 6) is -0.798. The van der Waals surface area contributed by atoms with Crippen molar-refractivity contribution >= 4 is 27.6 Å². The third-order valence-electron chi connectivity index (χ3n) is 2.88. The van der Waals surface area contributed by atoms with Crippen LogP contribution in [0.15, 0.2) is 22.7 Å². The van der Waals surface area contributed by atoms with Crippen LogP contribution in [-0.2, 0) is 11.2 Å². The summed E-state index contributed by atoms with van der Waals surface area (Å²) in [6, 6.07) is 5.80. The third-order valence-corrected chi connectivity index (χ3v) is 3.62. The molecule has 0 aromatic heterocycles. The van der Waals surface area contributed by atoms with Gasteiger partial charge in [0.2, 0.25) is 0 Å². The van der Waals surface area contributed by atoms with Crippen molar-refractivity contribution in [1.29, 1.82) is 0 Å². The number of hydrogen-bond donors (Lipinski definition) is 2. The highest BCUT2D eigenvalue weighted by molar-refractivity contribution is 9.10. The van der Waals surface area contributed by atoms with Crippen molar-refractivity contribution in [2.24, 2.45) is 0 Å². The Bertz CT molecular complexity index is 419. The normalized spacial score (nSPS) is 24.1. The van der Waals surface area contributed by atoms with Gasteiger partial charge in [0.15, 0.2) is 0 Å². The fourth-order valence-electron chi connectivity index (χ4n) is 1.82. The van der Waals surface area contributed by atoms with E-state index in [0.29, 0.717) is 6.42 Å². The molecule has 1 aliphatic rings. The van der Waals surface area contributed by atoms with Crippen LogP contribution in [0.4, 0.5) is 5.69 Å². The molecular weight excluding hydrogens is 258 g/mol. The summed E-state index contributed by atoms with van der Waals surface area (Å²) in [6.45, 7) is 1.72. The van der Waals surface area contributed by atoms with Crippen LogP contribution < -0.4 is 5.32 Å². The van der Waals surface area contributed by atoms with Gasteiger partial charge < -0.3 is 10.4 Å². The number of nitrogens with one attached hydrogen (secondary N) is 1. The molecule has 0 radical (unpaired) electrons. The summed E-state index contributed by atoms with van der Waals surface area (Å²) in [5, 5.41) is 12.2. The SMILES string of the molecule is CC1(C(=O)O)CCc2c(Br)cccc2N1. The fourth-order valence-corrected chi connectivity index (χ4v) is 2.39. The van der Waals surface area contributed by atoms with Gasteiger partial charge in [0.05, 0.1) is 0 Å². The summed E-state index contributed by atoms with van der Waals surface area (Å²) in [7, 11) is 0. The van der Waals surface area contributed by atoms with Crippen LogP contribution in [0.25, 0.3) is 0 Å². The summed E-state index contributed by atoms with van der Waals surface area (Å²) in [5.41, 5.74) is 1.24. The van der Waals surface area contributed by atoms with Gasteiger partial charge in [0.25, 0.3) is 0 Å². The monoisotopic (exact) mass is 269 g/mol. The van der Waals surface area contributed by atoms with Crippen LogP contribution in [0.1, 0.15) is 18.9 Å². The van der Waals surface area contributed by atoms with Crippen LogP contribution >= 0.6 is 15.9 Å². The Labute approximate surface area is 96.6 Å². The van der Waals surface area contributed by atoms with E-state index in [1.54, 1.807) is 6.92 Å². The number of rotatable bonds is 1. The maximum Gasteiger partial charge on any atom is 0.329 e. The fraction of sp³-hybridized carbons (Fsp3) is 0.364. The number of carboxylic acids is 1. The molecule has 0 amide bonds. The van der Waals surface area contributed by atoms with Crippen molar-refractivity contribution in [3.8, 4) is 0 Å². The average Bonchev–Trinajstić information content (AvgIpc) is 2.17. The van der Waals surface area contributed by atoms with Gasteiger partial charge in [-0.25, -0.2) is 4.79 Å². The lowest BCUT2D eigenvalue weighted by Gasteiger charge is -2.33. The molecule has 4 heteroatoms. The number of hydrogen-bond acceptors (Lipinski definition) is 2. The van der Waals surface area contributed by atoms with Crippen molar-refractivity contribution in [3.63, 3.8) is 0 Å². The van der Waals surface area contributed by atoms with E-state index in [2.05, 4.69) is 21.2 Å². The van der Waals surface area contributed by atoms with Gasteiger partial charge in [-0.05, 0) is 37.5 Å². The van der Waals surface area contributed by atoms with E-state index in [1.165, 1.54) is 0 Å². The molecule has 1 aromatic rings. The second-order valence-electron chi connectivity index (χ2n) is 4.03. The van der Waals surface area contributed by atoms with Crippen molar-refractivity contribution in [2.45, 2.75) is 25.3 Å². The molecule has 1 heterocycles. The van der Waals surface area contributed by atoms with Gasteiger partial charge >= 0.3 is 5.97 Å². The molecule has 1 atom stereocenters. The molecule has 15 heavy (non-hydrogen) atoms. The van der Waals surface area contributed by atoms with Gasteiger partial charge in [-0.1, -0.05) is 22.0 Å². The Morgan fingerprint density at radius 3 is 3.00 bits per heavy atom. The Balaban J connectivity index is 2.39. The number of aliphatic carboxylic acids is 1. The van der Waals surface area contributed by atoms with Gasteiger partial charge in [-0.2, -0.15) is 0 Å². The minimum atomic E-state index is -0.839. The van der Waals surface area contributed by atoms with Crippen LogP contribution in [0, 0.1) is 0 Å². The summed E-state index contributed by atoms with van der Waals surface area (Å²) >= 11 is 3.47. The zero-order valence-electron chi connectivity index (χ0n) is 8.38. The lowest BCUT2D eigenvalue weighted by atomic mass is 9.88. The first-order chi connectivity index (χ1) is 7.03. The van der Waals surface area contributed by atoms with Crippen molar-refractivity contribution in [1.82, 2.24) is 0 Å². The summed E-state index contributed by atoms with van der Waals surface area (Å²) < 4.78 is 1.04. The first-order valence-electron chi connectivity index (χ1n) is 4.82. The summed E-state index contributed by atoms with van der Waals surface area (Å²) in [6.07, 6.45) is 1.39. The highest BCUT2D eigenvalue weighted by Crippen LogP contribution is 2.34. The maximum absolute atomic E-state index is 11.1. The Morgan fingerprint density at radius 2 is 2.33 bits per heavy atom. The number of halogens is 1. The lowest BCUT2D eigenvalue weighted by Crippen LogP contribution is -2.46. The van der Waals surface area contributed by atoms with Gasteiger partial charge in [0, 0.05) is 10.2 Å². The van der Waals surface area contributed by atoms with E-state index in [0.717, 1.165) is 22.1 Å². The van der Waals surface area contributed by atoms with Crippen LogP contribution in [0.2, 0.25) is 0 Å². The zero-order chi connectivity index (χ0) is 11.1. The quantitative estimate of drug-likeness (QED) is 0.824. The number of carboxylic acid groups (broad SMARTS) is 1. The summed E-state index contributed by atoms with van der Waals surface area (Å²) in [4.78, 5) is 11.1. The lowest BCUT2D eigenvalue weighted by molar-refractivity contribution is -0.142. The standard InChI is InChI=1S/C11H12BrNO2/c1-11(10(14)15)6-5-7-8(12)3-2-4-9(7)13-11/h2-4,13H,5-6H2,1H3,(H,14,15). The first-order valence-corrected chi connectivity index (χ1v) is 5.61. The average molecular weight is 270 g/mol. The van der Waals surface area contributed by atoms with Crippen molar-refractivity contribution in [2.75, 3.05) is 5.32 Å². The van der Waals surface area contributed by atoms with E-state index in [1.807, 2.05) is 18.2 Å². The molecule has 1 unspecified atom stereocenters. The first kappa shape index (κ1) is 10.5.